The number of anilines is 2. The van der Waals surface area contributed by atoms with E-state index in [1.165, 1.54) is 10.5 Å². The lowest BCUT2D eigenvalue weighted by Gasteiger charge is -2.29. The molecule has 4 heterocycles. The van der Waals surface area contributed by atoms with Gasteiger partial charge in [0.2, 0.25) is 21.6 Å². The van der Waals surface area contributed by atoms with Gasteiger partial charge in [-0.2, -0.15) is 22.5 Å². The van der Waals surface area contributed by atoms with E-state index >= 15 is 0 Å². The van der Waals surface area contributed by atoms with Crippen LogP contribution in [0.3, 0.4) is 0 Å². The van der Waals surface area contributed by atoms with Crippen LogP contribution >= 0.6 is 0 Å². The molecule has 2 aromatic heterocycles. The molecule has 42 heavy (non-hydrogen) atoms. The number of carbonyl (C=O) groups is 1. The Morgan fingerprint density at radius 3 is 2.43 bits per heavy atom. The highest BCUT2D eigenvalue weighted by atomic mass is 32.2. The summed E-state index contributed by atoms with van der Waals surface area (Å²) in [4.78, 5) is 24.7. The molecule has 9 nitrogen and oxygen atoms in total. The van der Waals surface area contributed by atoms with Crippen LogP contribution in [0.15, 0.2) is 53.1 Å². The van der Waals surface area contributed by atoms with E-state index in [0.717, 1.165) is 18.4 Å². The third-order valence-electron chi connectivity index (χ3n) is 7.60. The molecule has 0 saturated carbocycles. The van der Waals surface area contributed by atoms with Gasteiger partial charge in [0.15, 0.2) is 5.69 Å². The minimum absolute atomic E-state index is 0.0608. The number of pyridine rings is 1. The smallest absolute Gasteiger partial charge is 0.420 e. The fourth-order valence-corrected chi connectivity index (χ4v) is 7.00. The number of halogens is 3. The van der Waals surface area contributed by atoms with Crippen molar-refractivity contribution in [3.63, 3.8) is 0 Å². The second kappa shape index (κ2) is 12.4. The molecule has 1 unspecified atom stereocenters. The predicted octanol–water partition coefficient (Wildman–Crippen LogP) is 4.79. The molecule has 0 amide bonds. The summed E-state index contributed by atoms with van der Waals surface area (Å²) in [5.74, 6) is -0.784. The molecule has 3 aromatic rings. The van der Waals surface area contributed by atoms with Gasteiger partial charge < -0.3 is 14.2 Å². The second-order valence-corrected chi connectivity index (χ2v) is 12.9. The Bertz CT molecular complexity index is 1480. The van der Waals surface area contributed by atoms with E-state index in [4.69, 9.17) is 4.42 Å². The number of carbonyl (C=O) groups excluding carboxylic acids is 1. The van der Waals surface area contributed by atoms with Crippen LogP contribution in [-0.2, 0) is 28.4 Å². The van der Waals surface area contributed by atoms with E-state index < -0.39 is 33.4 Å². The predicted molar refractivity (Wildman–Crippen MR) is 152 cm³/mol. The van der Waals surface area contributed by atoms with Crippen molar-refractivity contribution in [2.45, 2.75) is 44.5 Å². The Morgan fingerprint density at radius 1 is 0.976 bits per heavy atom. The van der Waals surface area contributed by atoms with Gasteiger partial charge in [0.25, 0.3) is 6.01 Å². The minimum Gasteiger partial charge on any atom is -0.420 e. The fourth-order valence-electron chi connectivity index (χ4n) is 5.44. The van der Waals surface area contributed by atoms with Gasteiger partial charge >= 0.3 is 6.18 Å². The molecular formula is C29H34F3N5O4S. The highest BCUT2D eigenvalue weighted by Gasteiger charge is 2.42. The number of oxazole rings is 1. The number of aromatic nitrogens is 2. The number of nitrogens with zero attached hydrogens (tertiary/aromatic N) is 5. The molecule has 2 fully saturated rings. The van der Waals surface area contributed by atoms with Crippen LogP contribution in [-0.4, -0.2) is 67.7 Å². The summed E-state index contributed by atoms with van der Waals surface area (Å²) >= 11 is 0. The molecule has 0 radical (unpaired) electrons. The van der Waals surface area contributed by atoms with Crippen LogP contribution in [0.2, 0.25) is 0 Å². The molecule has 0 bridgehead atoms. The Labute approximate surface area is 243 Å². The second-order valence-electron chi connectivity index (χ2n) is 11.0. The normalized spacial score (nSPS) is 19.1. The van der Waals surface area contributed by atoms with E-state index in [1.54, 1.807) is 29.2 Å². The Morgan fingerprint density at radius 2 is 1.74 bits per heavy atom. The molecule has 2 aliphatic rings. The van der Waals surface area contributed by atoms with Crippen LogP contribution in [0.4, 0.5) is 25.0 Å². The first kappa shape index (κ1) is 30.0. The molecule has 0 spiro atoms. The number of rotatable bonds is 8. The van der Waals surface area contributed by atoms with Gasteiger partial charge in [0.05, 0.1) is 5.75 Å². The number of benzene rings is 1. The third-order valence-corrected chi connectivity index (χ3v) is 9.45. The highest BCUT2D eigenvalue weighted by molar-refractivity contribution is 7.88. The van der Waals surface area contributed by atoms with Crippen molar-refractivity contribution in [1.29, 1.82) is 0 Å². The number of ketones is 1. The van der Waals surface area contributed by atoms with Crippen molar-refractivity contribution in [3.05, 3.63) is 71.2 Å². The van der Waals surface area contributed by atoms with Gasteiger partial charge in [0.1, 0.15) is 5.82 Å². The van der Waals surface area contributed by atoms with Gasteiger partial charge in [-0.15, -0.1) is 0 Å². The van der Waals surface area contributed by atoms with Crippen molar-refractivity contribution in [2.75, 3.05) is 49.1 Å². The largest absolute Gasteiger partial charge is 0.437 e. The minimum atomic E-state index is -4.83. The lowest BCUT2D eigenvalue weighted by molar-refractivity contribution is -0.141. The molecule has 0 N–H and O–H groups in total. The summed E-state index contributed by atoms with van der Waals surface area (Å²) in [5.41, 5.74) is -0.139. The maximum Gasteiger partial charge on any atom is 0.437 e. The molecule has 226 valence electrons. The van der Waals surface area contributed by atoms with E-state index in [-0.39, 0.29) is 24.1 Å². The monoisotopic (exact) mass is 605 g/mol. The standard InChI is InChI=1S/C29H34F3N5O4S/c1-21-7-5-12-36(19-21)28-34-27(29(30,31)32)26(41-28)24(38)17-23-10-11-25(33-18-23)35-13-6-14-37(16-15-35)42(39,40)20-22-8-3-2-4-9-22/h2-4,8-11,18,21H,5-7,12-17,19-20H2,1H3. The van der Waals surface area contributed by atoms with Crippen molar-refractivity contribution >= 4 is 27.6 Å². The maximum absolute atomic E-state index is 13.8. The number of piperidine rings is 1. The Hall–Kier alpha value is -3.45. The van der Waals surface area contributed by atoms with Crippen LogP contribution in [0.25, 0.3) is 0 Å². The Kier molecular flexibility index (Phi) is 8.88. The van der Waals surface area contributed by atoms with Crippen molar-refractivity contribution < 1.29 is 30.8 Å². The number of sulfonamides is 1. The van der Waals surface area contributed by atoms with Crippen molar-refractivity contribution in [3.8, 4) is 0 Å². The first-order valence-electron chi connectivity index (χ1n) is 14.1. The first-order valence-corrected chi connectivity index (χ1v) is 15.7. The van der Waals surface area contributed by atoms with E-state index in [9.17, 15) is 26.4 Å². The average Bonchev–Trinajstić information content (AvgIpc) is 3.27. The molecule has 1 aromatic carbocycles. The molecular weight excluding hydrogens is 571 g/mol. The zero-order valence-electron chi connectivity index (χ0n) is 23.4. The van der Waals surface area contributed by atoms with Crippen molar-refractivity contribution in [2.24, 2.45) is 5.92 Å². The van der Waals surface area contributed by atoms with Gasteiger partial charge in [-0.1, -0.05) is 43.3 Å². The average molecular weight is 606 g/mol. The van der Waals surface area contributed by atoms with Crippen LogP contribution in [0, 0.1) is 5.92 Å². The summed E-state index contributed by atoms with van der Waals surface area (Å²) in [7, 11) is -3.48. The van der Waals surface area contributed by atoms with Gasteiger partial charge in [0, 0.05) is 51.9 Å². The highest BCUT2D eigenvalue weighted by Crippen LogP contribution is 2.35. The molecule has 1 atom stereocenters. The van der Waals surface area contributed by atoms with Gasteiger partial charge in [-0.25, -0.2) is 13.4 Å². The first-order chi connectivity index (χ1) is 20.0. The SMILES string of the molecule is CC1CCCN(c2nc(C(F)(F)F)c(C(=O)Cc3ccc(N4CCCN(S(=O)(=O)Cc5ccccc5)CC4)nc3)o2)C1. The quantitative estimate of drug-likeness (QED) is 0.338. The number of Topliss-reactive ketones (excluding diaryl/α,β-unsaturated/α-hetero) is 1. The topological polar surface area (TPSA) is 99.9 Å². The van der Waals surface area contributed by atoms with Crippen LogP contribution < -0.4 is 9.80 Å². The summed E-state index contributed by atoms with van der Waals surface area (Å²) in [5, 5.41) is 0. The van der Waals surface area contributed by atoms with Crippen molar-refractivity contribution in [1.82, 2.24) is 14.3 Å². The van der Waals surface area contributed by atoms with E-state index in [0.29, 0.717) is 57.1 Å². The number of alkyl halides is 3. The van der Waals surface area contributed by atoms with Crippen LogP contribution in [0.1, 0.15) is 53.6 Å². The molecule has 13 heteroatoms. The molecule has 2 saturated heterocycles. The Balaban J connectivity index is 1.23. The van der Waals surface area contributed by atoms with E-state index in [1.807, 2.05) is 30.0 Å². The fraction of sp³-hybridized carbons (Fsp3) is 0.483. The summed E-state index contributed by atoms with van der Waals surface area (Å²) in [6.45, 7) is 4.78. The van der Waals surface area contributed by atoms with E-state index in [2.05, 4.69) is 9.97 Å². The summed E-state index contributed by atoms with van der Waals surface area (Å²) in [6.07, 6.45) is -1.30. The molecule has 0 aliphatic carbocycles. The third kappa shape index (κ3) is 7.12. The lowest BCUT2D eigenvalue weighted by atomic mass is 10.0. The maximum atomic E-state index is 13.8. The number of hydrogen-bond donors (Lipinski definition) is 0. The zero-order chi connectivity index (χ0) is 29.9. The zero-order valence-corrected chi connectivity index (χ0v) is 24.2. The summed E-state index contributed by atoms with van der Waals surface area (Å²) in [6, 6.07) is 12.2. The molecule has 2 aliphatic heterocycles. The lowest BCUT2D eigenvalue weighted by Crippen LogP contribution is -2.36. The van der Waals surface area contributed by atoms with Gasteiger partial charge in [-0.3, -0.25) is 4.79 Å². The number of hydrogen-bond acceptors (Lipinski definition) is 8. The van der Waals surface area contributed by atoms with Gasteiger partial charge in [-0.05, 0) is 42.4 Å². The molecule has 5 rings (SSSR count). The summed E-state index contributed by atoms with van der Waals surface area (Å²) < 4.78 is 74.2. The van der Waals surface area contributed by atoms with Crippen LogP contribution in [0.5, 0.6) is 0 Å².